The van der Waals surface area contributed by atoms with Crippen LogP contribution in [0.5, 0.6) is 0 Å². The highest BCUT2D eigenvalue weighted by molar-refractivity contribution is 6.44. The van der Waals surface area contributed by atoms with Crippen molar-refractivity contribution in [2.75, 3.05) is 10.7 Å². The molecule has 0 saturated heterocycles. The second-order valence-corrected chi connectivity index (χ2v) is 5.54. The van der Waals surface area contributed by atoms with Crippen LogP contribution in [0, 0.1) is 0 Å². The Bertz CT molecular complexity index is 648. The zero-order valence-corrected chi connectivity index (χ0v) is 13.5. The average molecular weight is 347 g/mol. The first-order valence-corrected chi connectivity index (χ1v) is 7.43. The molecule has 1 aromatic heterocycles. The second kappa shape index (κ2) is 7.13. The lowest BCUT2D eigenvalue weighted by molar-refractivity contribution is 0.837. The lowest BCUT2D eigenvalue weighted by Gasteiger charge is -2.11. The van der Waals surface area contributed by atoms with Crippen molar-refractivity contribution in [1.82, 2.24) is 9.97 Å². The number of halogens is 3. The van der Waals surface area contributed by atoms with Crippen LogP contribution in [0.3, 0.4) is 0 Å². The van der Waals surface area contributed by atoms with Crippen molar-refractivity contribution in [3.05, 3.63) is 39.1 Å². The summed E-state index contributed by atoms with van der Waals surface area (Å²) in [4.78, 5) is 8.68. The van der Waals surface area contributed by atoms with Gasteiger partial charge in [-0.1, -0.05) is 41.7 Å². The Morgan fingerprint density at radius 3 is 2.33 bits per heavy atom. The minimum absolute atomic E-state index is 0.394. The van der Waals surface area contributed by atoms with E-state index in [1.54, 1.807) is 18.2 Å². The minimum atomic E-state index is 0.394. The van der Waals surface area contributed by atoms with E-state index < -0.39 is 0 Å². The largest absolute Gasteiger partial charge is 0.339 e. The topological polar surface area (TPSA) is 75.9 Å². The molecular weight excluding hydrogens is 333 g/mol. The van der Waals surface area contributed by atoms with Crippen LogP contribution in [0.1, 0.15) is 19.2 Å². The molecule has 0 bridgehead atoms. The summed E-state index contributed by atoms with van der Waals surface area (Å²) >= 11 is 18.0. The van der Waals surface area contributed by atoms with Gasteiger partial charge in [0.2, 0.25) is 0 Å². The third-order valence-electron chi connectivity index (χ3n) is 2.67. The molecule has 2 aromatic rings. The minimum Gasteiger partial charge on any atom is -0.339 e. The van der Waals surface area contributed by atoms with E-state index in [9.17, 15) is 0 Å². The van der Waals surface area contributed by atoms with Crippen LogP contribution in [0.4, 0.5) is 17.3 Å². The van der Waals surface area contributed by atoms with Crippen LogP contribution in [0.2, 0.25) is 15.1 Å². The molecule has 0 amide bonds. The van der Waals surface area contributed by atoms with E-state index in [4.69, 9.17) is 40.6 Å². The first-order chi connectivity index (χ1) is 10.0. The number of hydrogen-bond donors (Lipinski definition) is 3. The number of aromatic nitrogens is 2. The van der Waals surface area contributed by atoms with Gasteiger partial charge in [0, 0.05) is 12.5 Å². The molecule has 0 saturated carbocycles. The maximum atomic E-state index is 6.14. The zero-order valence-electron chi connectivity index (χ0n) is 11.3. The van der Waals surface area contributed by atoms with E-state index in [-0.39, 0.29) is 0 Å². The lowest BCUT2D eigenvalue weighted by atomic mass is 10.3. The molecule has 8 heteroatoms. The SMILES string of the molecule is CCCc1nc(NN)cc(Nc2cc(Cl)c(Cl)cc2Cl)n1. The molecule has 1 heterocycles. The molecule has 21 heavy (non-hydrogen) atoms. The van der Waals surface area contributed by atoms with Gasteiger partial charge in [0.05, 0.1) is 20.8 Å². The molecule has 112 valence electrons. The number of rotatable bonds is 5. The van der Waals surface area contributed by atoms with Gasteiger partial charge in [-0.3, -0.25) is 0 Å². The Labute approximate surface area is 137 Å². The van der Waals surface area contributed by atoms with Crippen LogP contribution >= 0.6 is 34.8 Å². The number of nitrogen functional groups attached to an aromatic ring is 1. The molecular formula is C13H14Cl3N5. The van der Waals surface area contributed by atoms with Gasteiger partial charge in [0.25, 0.3) is 0 Å². The van der Waals surface area contributed by atoms with Gasteiger partial charge in [-0.2, -0.15) is 0 Å². The van der Waals surface area contributed by atoms with Crippen LogP contribution in [-0.2, 0) is 6.42 Å². The van der Waals surface area contributed by atoms with Crippen LogP contribution in [0.15, 0.2) is 18.2 Å². The van der Waals surface area contributed by atoms with Gasteiger partial charge in [0.15, 0.2) is 0 Å². The normalized spacial score (nSPS) is 10.5. The Kier molecular flexibility index (Phi) is 5.47. The Hall–Kier alpha value is -1.27. The fourth-order valence-electron chi connectivity index (χ4n) is 1.73. The molecule has 0 spiro atoms. The third kappa shape index (κ3) is 4.11. The summed E-state index contributed by atoms with van der Waals surface area (Å²) in [6.45, 7) is 2.05. The number of benzene rings is 1. The van der Waals surface area contributed by atoms with Crippen molar-refractivity contribution >= 4 is 52.1 Å². The summed E-state index contributed by atoms with van der Waals surface area (Å²) in [5.41, 5.74) is 3.12. The molecule has 5 nitrogen and oxygen atoms in total. The summed E-state index contributed by atoms with van der Waals surface area (Å²) in [5, 5.41) is 4.34. The van der Waals surface area contributed by atoms with E-state index in [0.29, 0.717) is 38.2 Å². The molecule has 0 aliphatic carbocycles. The highest BCUT2D eigenvalue weighted by atomic mass is 35.5. The Balaban J connectivity index is 2.34. The number of aryl methyl sites for hydroxylation is 1. The highest BCUT2D eigenvalue weighted by Gasteiger charge is 2.09. The first-order valence-electron chi connectivity index (χ1n) is 6.29. The number of hydrazine groups is 1. The van der Waals surface area contributed by atoms with Crippen molar-refractivity contribution in [1.29, 1.82) is 0 Å². The van der Waals surface area contributed by atoms with Crippen LogP contribution < -0.4 is 16.6 Å². The summed E-state index contributed by atoms with van der Waals surface area (Å²) in [5.74, 6) is 7.20. The number of hydrogen-bond acceptors (Lipinski definition) is 5. The monoisotopic (exact) mass is 345 g/mol. The molecule has 0 aliphatic rings. The fourth-order valence-corrected chi connectivity index (χ4v) is 2.32. The van der Waals surface area contributed by atoms with Crippen molar-refractivity contribution in [3.63, 3.8) is 0 Å². The lowest BCUT2D eigenvalue weighted by Crippen LogP contribution is -2.11. The zero-order chi connectivity index (χ0) is 15.4. The van der Waals surface area contributed by atoms with E-state index >= 15 is 0 Å². The summed E-state index contributed by atoms with van der Waals surface area (Å²) in [6.07, 6.45) is 1.68. The molecule has 0 aliphatic heterocycles. The number of nitrogens with zero attached hydrogens (tertiary/aromatic N) is 2. The smallest absolute Gasteiger partial charge is 0.145 e. The predicted molar refractivity (Wildman–Crippen MR) is 88.6 cm³/mol. The maximum Gasteiger partial charge on any atom is 0.145 e. The number of anilines is 3. The molecule has 1 aromatic carbocycles. The van der Waals surface area contributed by atoms with Crippen molar-refractivity contribution in [2.24, 2.45) is 5.84 Å². The number of nitrogens with two attached hydrogens (primary N) is 1. The molecule has 0 unspecified atom stereocenters. The maximum absolute atomic E-state index is 6.14. The van der Waals surface area contributed by atoms with Gasteiger partial charge in [0.1, 0.15) is 17.5 Å². The second-order valence-electron chi connectivity index (χ2n) is 4.32. The Morgan fingerprint density at radius 1 is 1.00 bits per heavy atom. The molecule has 2 rings (SSSR count). The van der Waals surface area contributed by atoms with Gasteiger partial charge < -0.3 is 10.7 Å². The molecule has 0 radical (unpaired) electrons. The summed E-state index contributed by atoms with van der Waals surface area (Å²) in [7, 11) is 0. The van der Waals surface area contributed by atoms with Crippen molar-refractivity contribution in [3.8, 4) is 0 Å². The van der Waals surface area contributed by atoms with E-state index in [2.05, 4.69) is 27.6 Å². The van der Waals surface area contributed by atoms with Crippen LogP contribution in [-0.4, -0.2) is 9.97 Å². The van der Waals surface area contributed by atoms with Crippen molar-refractivity contribution < 1.29 is 0 Å². The van der Waals surface area contributed by atoms with E-state index in [1.165, 1.54) is 0 Å². The highest BCUT2D eigenvalue weighted by Crippen LogP contribution is 2.33. The van der Waals surface area contributed by atoms with Gasteiger partial charge >= 0.3 is 0 Å². The first kappa shape index (κ1) is 16.1. The standard InChI is InChI=1S/C13H14Cl3N5/c1-2-3-11-19-12(6-13(20-11)21-17)18-10-5-8(15)7(14)4-9(10)16/h4-6H,2-3,17H2,1H3,(H2,18,19,20,21). The number of nitrogens with one attached hydrogen (secondary N) is 2. The summed E-state index contributed by atoms with van der Waals surface area (Å²) in [6, 6.07) is 4.89. The Morgan fingerprint density at radius 2 is 1.67 bits per heavy atom. The molecule has 0 atom stereocenters. The summed E-state index contributed by atoms with van der Waals surface area (Å²) < 4.78 is 0. The fraction of sp³-hybridized carbons (Fsp3) is 0.231. The van der Waals surface area contributed by atoms with E-state index in [1.807, 2.05) is 0 Å². The average Bonchev–Trinajstić information content (AvgIpc) is 2.45. The van der Waals surface area contributed by atoms with Gasteiger partial charge in [-0.15, -0.1) is 0 Å². The third-order valence-corrected chi connectivity index (χ3v) is 3.70. The van der Waals surface area contributed by atoms with E-state index in [0.717, 1.165) is 12.8 Å². The van der Waals surface area contributed by atoms with Crippen LogP contribution in [0.25, 0.3) is 0 Å². The molecule has 0 fully saturated rings. The van der Waals surface area contributed by atoms with Gasteiger partial charge in [-0.05, 0) is 18.6 Å². The van der Waals surface area contributed by atoms with Crippen molar-refractivity contribution in [2.45, 2.75) is 19.8 Å². The van der Waals surface area contributed by atoms with Gasteiger partial charge in [-0.25, -0.2) is 15.8 Å². The molecule has 4 N–H and O–H groups in total. The quantitative estimate of drug-likeness (QED) is 0.424. The predicted octanol–water partition coefficient (Wildman–Crippen LogP) is 4.42.